The summed E-state index contributed by atoms with van der Waals surface area (Å²) in [5.74, 6) is 3.84. The molecule has 208 valence electrons. The number of nitrogens with two attached hydrogens (primary N) is 1. The lowest BCUT2D eigenvalue weighted by molar-refractivity contribution is 0.0936. The Morgan fingerprint density at radius 1 is 1.07 bits per heavy atom. The van der Waals surface area contributed by atoms with E-state index in [9.17, 15) is 9.59 Å². The molecule has 0 bridgehead atoms. The maximum atomic E-state index is 13.1. The summed E-state index contributed by atoms with van der Waals surface area (Å²) in [5.41, 5.74) is 12.5. The van der Waals surface area contributed by atoms with Crippen molar-refractivity contribution in [1.29, 1.82) is 0 Å². The number of terminal acetylenes is 1. The number of hydrogen-bond acceptors (Lipinski definition) is 7. The first-order valence-corrected chi connectivity index (χ1v) is 13.6. The average Bonchev–Trinajstić information content (AvgIpc) is 3.79. The molecule has 6 aromatic rings. The third kappa shape index (κ3) is 4.49. The number of anilines is 1. The van der Waals surface area contributed by atoms with Gasteiger partial charge in [-0.05, 0) is 84.6 Å². The monoisotopic (exact) mass is 564 g/mol. The number of aromatic nitrogens is 6. The fourth-order valence-electron chi connectivity index (χ4n) is 5.58. The van der Waals surface area contributed by atoms with Crippen LogP contribution < -0.4 is 11.1 Å². The van der Waals surface area contributed by atoms with Gasteiger partial charge in [0.05, 0.1) is 11.6 Å². The molecule has 0 fully saturated rings. The molecule has 1 aliphatic rings. The molecule has 4 heterocycles. The van der Waals surface area contributed by atoms with Gasteiger partial charge in [0.25, 0.3) is 5.91 Å². The summed E-state index contributed by atoms with van der Waals surface area (Å²) in [6.07, 6.45) is 12.8. The third-order valence-electron chi connectivity index (χ3n) is 7.67. The standard InChI is InChI=1S/C33H24N8O2/c1-2-20-6-7-22(17-23(20)19-42)33(43)38-27-11-8-21-18-24(9-10-25(21)27)41-31(26-5-3-14-35-30(26)34)37-28-12-13-29(39-32(28)41)40-16-4-15-36-40/h1,3-7,9-10,12-19,27H,8,11H2,(H2,34,35)(H,38,43)/t27-/m0/s1. The lowest BCUT2D eigenvalue weighted by atomic mass is 10.0. The average molecular weight is 565 g/mol. The molecule has 0 aliphatic heterocycles. The van der Waals surface area contributed by atoms with Crippen LogP contribution in [0.1, 0.15) is 49.9 Å². The van der Waals surface area contributed by atoms with Crippen LogP contribution in [0.25, 0.3) is 34.1 Å². The minimum Gasteiger partial charge on any atom is -0.383 e. The van der Waals surface area contributed by atoms with Crippen molar-refractivity contribution < 1.29 is 9.59 Å². The van der Waals surface area contributed by atoms with Gasteiger partial charge in [0.15, 0.2) is 23.6 Å². The number of pyridine rings is 2. The quantitative estimate of drug-likeness (QED) is 0.225. The van der Waals surface area contributed by atoms with E-state index in [-0.39, 0.29) is 11.9 Å². The highest BCUT2D eigenvalue weighted by atomic mass is 16.1. The van der Waals surface area contributed by atoms with Gasteiger partial charge in [-0.1, -0.05) is 12.0 Å². The second kappa shape index (κ2) is 10.4. The highest BCUT2D eigenvalue weighted by Gasteiger charge is 2.26. The van der Waals surface area contributed by atoms with Crippen molar-refractivity contribution in [2.24, 2.45) is 0 Å². The lowest BCUT2D eigenvalue weighted by Gasteiger charge is -2.16. The second-order valence-corrected chi connectivity index (χ2v) is 10.2. The van der Waals surface area contributed by atoms with Gasteiger partial charge in [-0.15, -0.1) is 6.42 Å². The molecule has 0 spiro atoms. The van der Waals surface area contributed by atoms with Crippen molar-refractivity contribution in [3.05, 3.63) is 113 Å². The fourth-order valence-corrected chi connectivity index (χ4v) is 5.58. The second-order valence-electron chi connectivity index (χ2n) is 10.2. The van der Waals surface area contributed by atoms with Gasteiger partial charge >= 0.3 is 0 Å². The number of nitrogen functional groups attached to an aromatic ring is 1. The van der Waals surface area contributed by atoms with Gasteiger partial charge in [-0.3, -0.25) is 14.2 Å². The number of carbonyl (C=O) groups is 2. The van der Waals surface area contributed by atoms with Crippen LogP contribution in [0, 0.1) is 12.3 Å². The maximum absolute atomic E-state index is 13.1. The van der Waals surface area contributed by atoms with Crippen molar-refractivity contribution in [3.63, 3.8) is 0 Å². The Hall–Kier alpha value is -6.08. The van der Waals surface area contributed by atoms with E-state index in [1.165, 1.54) is 6.07 Å². The maximum Gasteiger partial charge on any atom is 0.251 e. The number of nitrogens with zero attached hydrogens (tertiary/aromatic N) is 6. The van der Waals surface area contributed by atoms with Crippen molar-refractivity contribution >= 4 is 29.2 Å². The molecule has 43 heavy (non-hydrogen) atoms. The fraction of sp³-hybridized carbons (Fsp3) is 0.0909. The molecule has 0 saturated heterocycles. The minimum absolute atomic E-state index is 0.180. The summed E-state index contributed by atoms with van der Waals surface area (Å²) in [4.78, 5) is 38.7. The smallest absolute Gasteiger partial charge is 0.251 e. The van der Waals surface area contributed by atoms with Crippen LogP contribution in [0.2, 0.25) is 0 Å². The summed E-state index contributed by atoms with van der Waals surface area (Å²) >= 11 is 0. The van der Waals surface area contributed by atoms with Crippen LogP contribution in [0.4, 0.5) is 5.82 Å². The van der Waals surface area contributed by atoms with Crippen LogP contribution in [0.3, 0.4) is 0 Å². The number of amides is 1. The minimum atomic E-state index is -0.265. The van der Waals surface area contributed by atoms with Crippen molar-refractivity contribution in [2.75, 3.05) is 5.73 Å². The first-order chi connectivity index (χ1) is 21.0. The van der Waals surface area contributed by atoms with Crippen molar-refractivity contribution in [1.82, 2.24) is 34.6 Å². The van der Waals surface area contributed by atoms with E-state index in [2.05, 4.69) is 27.4 Å². The van der Waals surface area contributed by atoms with Crippen LogP contribution in [-0.4, -0.2) is 41.5 Å². The highest BCUT2D eigenvalue weighted by Crippen LogP contribution is 2.36. The molecule has 0 saturated carbocycles. The Balaban J connectivity index is 1.28. The molecule has 0 unspecified atom stereocenters. The Kier molecular flexibility index (Phi) is 6.25. The van der Waals surface area contributed by atoms with Gasteiger partial charge in [0, 0.05) is 41.0 Å². The number of aryl methyl sites for hydroxylation is 1. The molecule has 0 radical (unpaired) electrons. The van der Waals surface area contributed by atoms with Gasteiger partial charge < -0.3 is 11.1 Å². The molecule has 1 amide bonds. The van der Waals surface area contributed by atoms with E-state index in [0.29, 0.717) is 57.2 Å². The SMILES string of the molecule is C#Cc1ccc(C(=O)N[C@H]2CCc3cc(-n4c(-c5cccnc5N)nc5ccc(-n6cccn6)nc54)ccc32)cc1C=O. The molecule has 2 aromatic carbocycles. The Labute approximate surface area is 246 Å². The Bertz CT molecular complexity index is 2090. The molecule has 7 rings (SSSR count). The molecule has 10 nitrogen and oxygen atoms in total. The van der Waals surface area contributed by atoms with Gasteiger partial charge in [-0.25, -0.2) is 19.6 Å². The number of benzene rings is 2. The predicted molar refractivity (Wildman–Crippen MR) is 162 cm³/mol. The molecule has 4 aromatic heterocycles. The van der Waals surface area contributed by atoms with Gasteiger partial charge in [0.2, 0.25) is 0 Å². The van der Waals surface area contributed by atoms with E-state index >= 15 is 0 Å². The summed E-state index contributed by atoms with van der Waals surface area (Å²) in [6, 6.07) is 20.1. The van der Waals surface area contributed by atoms with Crippen molar-refractivity contribution in [2.45, 2.75) is 18.9 Å². The molecule has 1 atom stereocenters. The van der Waals surface area contributed by atoms with Crippen LogP contribution in [0.5, 0.6) is 0 Å². The zero-order valence-corrected chi connectivity index (χ0v) is 22.8. The first-order valence-electron chi connectivity index (χ1n) is 13.6. The molecule has 10 heteroatoms. The molecular formula is C33H24N8O2. The van der Waals surface area contributed by atoms with E-state index < -0.39 is 0 Å². The van der Waals surface area contributed by atoms with Crippen molar-refractivity contribution in [3.8, 4) is 35.2 Å². The van der Waals surface area contributed by atoms with E-state index in [1.54, 1.807) is 29.2 Å². The van der Waals surface area contributed by atoms with Crippen LogP contribution in [0.15, 0.2) is 85.3 Å². The normalized spacial score (nSPS) is 13.9. The number of fused-ring (bicyclic) bond motifs is 2. The van der Waals surface area contributed by atoms with E-state index in [4.69, 9.17) is 22.1 Å². The summed E-state index contributed by atoms with van der Waals surface area (Å²) in [7, 11) is 0. The zero-order valence-electron chi connectivity index (χ0n) is 22.8. The lowest BCUT2D eigenvalue weighted by Crippen LogP contribution is -2.27. The summed E-state index contributed by atoms with van der Waals surface area (Å²) in [5, 5.41) is 7.45. The first kappa shape index (κ1) is 25.9. The van der Waals surface area contributed by atoms with E-state index in [0.717, 1.165) is 29.7 Å². The number of aldehydes is 1. The summed E-state index contributed by atoms with van der Waals surface area (Å²) in [6.45, 7) is 0. The number of nitrogens with one attached hydrogen (secondary N) is 1. The zero-order chi connectivity index (χ0) is 29.5. The predicted octanol–water partition coefficient (Wildman–Crippen LogP) is 4.46. The van der Waals surface area contributed by atoms with E-state index in [1.807, 2.05) is 53.2 Å². The number of rotatable bonds is 6. The Morgan fingerprint density at radius 2 is 1.98 bits per heavy atom. The molecule has 3 N–H and O–H groups in total. The van der Waals surface area contributed by atoms with Gasteiger partial charge in [-0.2, -0.15) is 5.10 Å². The third-order valence-corrected chi connectivity index (χ3v) is 7.67. The Morgan fingerprint density at radius 3 is 2.77 bits per heavy atom. The molecular weight excluding hydrogens is 540 g/mol. The van der Waals surface area contributed by atoms with Gasteiger partial charge in [0.1, 0.15) is 11.3 Å². The summed E-state index contributed by atoms with van der Waals surface area (Å²) < 4.78 is 3.68. The largest absolute Gasteiger partial charge is 0.383 e. The highest BCUT2D eigenvalue weighted by molar-refractivity contribution is 5.96. The topological polar surface area (TPSA) is 134 Å². The number of carbonyl (C=O) groups excluding carboxylic acids is 2. The number of imidazole rings is 1. The van der Waals surface area contributed by atoms with Crippen LogP contribution >= 0.6 is 0 Å². The van der Waals surface area contributed by atoms with Crippen LogP contribution in [-0.2, 0) is 6.42 Å². The number of hydrogen-bond donors (Lipinski definition) is 2. The molecule has 1 aliphatic carbocycles.